The molecule has 2 aromatic rings. The lowest BCUT2D eigenvalue weighted by Crippen LogP contribution is -2.22. The lowest BCUT2D eigenvalue weighted by molar-refractivity contribution is -0.147. The standard InChI is InChI=1S/C21H25NO3/c1-4-17-12-8-9-15(2)21(17)22-19(23)14-25-20(24)13-16(3)18-10-6-5-7-11-18/h5-12,16H,4,13-14H2,1-3H3,(H,22,23). The fourth-order valence-corrected chi connectivity index (χ4v) is 2.73. The fourth-order valence-electron chi connectivity index (χ4n) is 2.73. The molecular weight excluding hydrogens is 314 g/mol. The first kappa shape index (κ1) is 18.7. The van der Waals surface area contributed by atoms with Gasteiger partial charge in [0.25, 0.3) is 5.91 Å². The molecular formula is C21H25NO3. The molecule has 0 aliphatic heterocycles. The van der Waals surface area contributed by atoms with E-state index < -0.39 is 0 Å². The number of esters is 1. The van der Waals surface area contributed by atoms with Gasteiger partial charge in [0.1, 0.15) is 0 Å². The third-order valence-corrected chi connectivity index (χ3v) is 4.21. The van der Waals surface area contributed by atoms with Crippen LogP contribution >= 0.6 is 0 Å². The summed E-state index contributed by atoms with van der Waals surface area (Å²) in [5.41, 5.74) is 3.95. The second kappa shape index (κ2) is 9.02. The summed E-state index contributed by atoms with van der Waals surface area (Å²) >= 11 is 0. The van der Waals surface area contributed by atoms with Crippen LogP contribution in [0.1, 0.15) is 42.9 Å². The maximum absolute atomic E-state index is 12.1. The number of nitrogens with one attached hydrogen (secondary N) is 1. The van der Waals surface area contributed by atoms with E-state index in [1.54, 1.807) is 0 Å². The molecule has 2 rings (SSSR count). The van der Waals surface area contributed by atoms with Crippen molar-refractivity contribution in [2.45, 2.75) is 39.5 Å². The molecule has 25 heavy (non-hydrogen) atoms. The molecule has 0 aliphatic carbocycles. The molecule has 0 radical (unpaired) electrons. The molecule has 1 amide bonds. The SMILES string of the molecule is CCc1cccc(C)c1NC(=O)COC(=O)CC(C)c1ccccc1. The maximum atomic E-state index is 12.1. The summed E-state index contributed by atoms with van der Waals surface area (Å²) < 4.78 is 5.13. The Hall–Kier alpha value is -2.62. The van der Waals surface area contributed by atoms with E-state index in [9.17, 15) is 9.59 Å². The van der Waals surface area contributed by atoms with Gasteiger partial charge in [-0.2, -0.15) is 0 Å². The summed E-state index contributed by atoms with van der Waals surface area (Å²) in [6.45, 7) is 5.69. The van der Waals surface area contributed by atoms with Crippen LogP contribution in [0.5, 0.6) is 0 Å². The summed E-state index contributed by atoms with van der Waals surface area (Å²) in [6.07, 6.45) is 1.08. The van der Waals surface area contributed by atoms with Crippen LogP contribution in [0.2, 0.25) is 0 Å². The van der Waals surface area contributed by atoms with E-state index in [2.05, 4.69) is 5.32 Å². The van der Waals surface area contributed by atoms with Crippen molar-refractivity contribution >= 4 is 17.6 Å². The number of para-hydroxylation sites is 1. The minimum Gasteiger partial charge on any atom is -0.456 e. The zero-order valence-electron chi connectivity index (χ0n) is 15.0. The zero-order chi connectivity index (χ0) is 18.2. The van der Waals surface area contributed by atoms with E-state index in [4.69, 9.17) is 4.74 Å². The molecule has 0 spiro atoms. The second-order valence-electron chi connectivity index (χ2n) is 6.19. The summed E-state index contributed by atoms with van der Waals surface area (Å²) in [5, 5.41) is 2.85. The van der Waals surface area contributed by atoms with E-state index in [1.165, 1.54) is 0 Å². The van der Waals surface area contributed by atoms with E-state index in [-0.39, 0.29) is 30.8 Å². The number of anilines is 1. The van der Waals surface area contributed by atoms with Gasteiger partial charge in [-0.25, -0.2) is 0 Å². The number of hydrogen-bond acceptors (Lipinski definition) is 3. The van der Waals surface area contributed by atoms with E-state index >= 15 is 0 Å². The lowest BCUT2D eigenvalue weighted by atomic mass is 9.98. The number of amides is 1. The summed E-state index contributed by atoms with van der Waals surface area (Å²) in [7, 11) is 0. The van der Waals surface area contributed by atoms with Crippen LogP contribution < -0.4 is 5.32 Å². The quantitative estimate of drug-likeness (QED) is 0.768. The number of rotatable bonds is 7. The van der Waals surface area contributed by atoms with Gasteiger partial charge in [-0.15, -0.1) is 0 Å². The molecule has 4 nitrogen and oxygen atoms in total. The topological polar surface area (TPSA) is 55.4 Å². The Morgan fingerprint density at radius 1 is 1.08 bits per heavy atom. The first-order valence-electron chi connectivity index (χ1n) is 8.60. The summed E-state index contributed by atoms with van der Waals surface area (Å²) in [6, 6.07) is 15.7. The Morgan fingerprint density at radius 2 is 1.80 bits per heavy atom. The number of carbonyl (C=O) groups is 2. The van der Waals surface area contributed by atoms with Gasteiger partial charge in [-0.3, -0.25) is 9.59 Å². The van der Waals surface area contributed by atoms with Crippen LogP contribution in [-0.2, 0) is 20.7 Å². The van der Waals surface area contributed by atoms with E-state index in [0.29, 0.717) is 0 Å². The summed E-state index contributed by atoms with van der Waals surface area (Å²) in [5.74, 6) is -0.628. The van der Waals surface area contributed by atoms with Gasteiger partial charge in [0.2, 0.25) is 0 Å². The molecule has 4 heteroatoms. The number of hydrogen-bond donors (Lipinski definition) is 1. The van der Waals surface area contributed by atoms with Gasteiger partial charge in [0, 0.05) is 5.69 Å². The predicted octanol–water partition coefficient (Wildman–Crippen LogP) is 4.23. The number of carbonyl (C=O) groups excluding carboxylic acids is 2. The number of ether oxygens (including phenoxy) is 1. The van der Waals surface area contributed by atoms with Crippen LogP contribution in [0.25, 0.3) is 0 Å². The van der Waals surface area contributed by atoms with Crippen LogP contribution in [0.4, 0.5) is 5.69 Å². The normalized spacial score (nSPS) is 11.6. The Bertz CT molecular complexity index is 725. The minimum atomic E-state index is -0.369. The highest BCUT2D eigenvalue weighted by Gasteiger charge is 2.14. The van der Waals surface area contributed by atoms with E-state index in [1.807, 2.05) is 69.3 Å². The van der Waals surface area contributed by atoms with Crippen molar-refractivity contribution in [3.63, 3.8) is 0 Å². The van der Waals surface area contributed by atoms with Crippen molar-refractivity contribution in [1.82, 2.24) is 0 Å². The average Bonchev–Trinajstić information content (AvgIpc) is 2.62. The van der Waals surface area contributed by atoms with Crippen molar-refractivity contribution in [3.05, 3.63) is 65.2 Å². The van der Waals surface area contributed by atoms with Gasteiger partial charge < -0.3 is 10.1 Å². The molecule has 1 N–H and O–H groups in total. The monoisotopic (exact) mass is 339 g/mol. The molecule has 132 valence electrons. The molecule has 0 saturated heterocycles. The van der Waals surface area contributed by atoms with Gasteiger partial charge in [0.05, 0.1) is 6.42 Å². The van der Waals surface area contributed by atoms with Crippen LogP contribution in [0, 0.1) is 6.92 Å². The molecule has 0 fully saturated rings. The van der Waals surface area contributed by atoms with Crippen molar-refractivity contribution in [2.24, 2.45) is 0 Å². The fraction of sp³-hybridized carbons (Fsp3) is 0.333. The molecule has 0 bridgehead atoms. The van der Waals surface area contributed by atoms with Gasteiger partial charge >= 0.3 is 5.97 Å². The van der Waals surface area contributed by atoms with E-state index in [0.717, 1.165) is 28.8 Å². The van der Waals surface area contributed by atoms with Crippen molar-refractivity contribution in [1.29, 1.82) is 0 Å². The van der Waals surface area contributed by atoms with Gasteiger partial charge in [-0.1, -0.05) is 62.4 Å². The Kier molecular flexibility index (Phi) is 6.75. The number of benzene rings is 2. The molecule has 2 aromatic carbocycles. The highest BCUT2D eigenvalue weighted by molar-refractivity contribution is 5.94. The Balaban J connectivity index is 1.85. The van der Waals surface area contributed by atoms with Gasteiger partial charge in [0.15, 0.2) is 6.61 Å². The van der Waals surface area contributed by atoms with Crippen LogP contribution in [0.15, 0.2) is 48.5 Å². The Labute approximate surface area is 149 Å². The minimum absolute atomic E-state index is 0.0554. The van der Waals surface area contributed by atoms with Gasteiger partial charge in [-0.05, 0) is 36.0 Å². The molecule has 1 atom stereocenters. The smallest absolute Gasteiger partial charge is 0.306 e. The van der Waals surface area contributed by atoms with Crippen molar-refractivity contribution < 1.29 is 14.3 Å². The summed E-state index contributed by atoms with van der Waals surface area (Å²) in [4.78, 5) is 24.1. The van der Waals surface area contributed by atoms with Crippen LogP contribution in [-0.4, -0.2) is 18.5 Å². The first-order chi connectivity index (χ1) is 12.0. The maximum Gasteiger partial charge on any atom is 0.306 e. The molecule has 1 unspecified atom stereocenters. The Morgan fingerprint density at radius 3 is 2.48 bits per heavy atom. The molecule has 0 saturated carbocycles. The molecule has 0 aliphatic rings. The second-order valence-corrected chi connectivity index (χ2v) is 6.19. The third-order valence-electron chi connectivity index (χ3n) is 4.21. The zero-order valence-corrected chi connectivity index (χ0v) is 15.0. The first-order valence-corrected chi connectivity index (χ1v) is 8.60. The largest absolute Gasteiger partial charge is 0.456 e. The highest BCUT2D eigenvalue weighted by atomic mass is 16.5. The number of aryl methyl sites for hydroxylation is 2. The van der Waals surface area contributed by atoms with Crippen LogP contribution in [0.3, 0.4) is 0 Å². The molecule has 0 aromatic heterocycles. The van der Waals surface area contributed by atoms with Crippen molar-refractivity contribution in [3.8, 4) is 0 Å². The van der Waals surface area contributed by atoms with Crippen molar-refractivity contribution in [2.75, 3.05) is 11.9 Å². The predicted molar refractivity (Wildman–Crippen MR) is 99.6 cm³/mol. The average molecular weight is 339 g/mol. The lowest BCUT2D eigenvalue weighted by Gasteiger charge is -2.14. The molecule has 0 heterocycles. The highest BCUT2D eigenvalue weighted by Crippen LogP contribution is 2.21. The third kappa shape index (κ3) is 5.45.